The molecule has 3 aromatic rings. The van der Waals surface area contributed by atoms with Gasteiger partial charge in [0.25, 0.3) is 0 Å². The first-order chi connectivity index (χ1) is 10.9. The number of rotatable bonds is 2. The highest BCUT2D eigenvalue weighted by molar-refractivity contribution is 9.08. The number of halogens is 5. The van der Waals surface area contributed by atoms with Crippen LogP contribution in [-0.4, -0.2) is 9.97 Å². The number of aromatic nitrogens is 2. The third-order valence-corrected chi connectivity index (χ3v) is 4.17. The zero-order valence-corrected chi connectivity index (χ0v) is 13.9. The van der Waals surface area contributed by atoms with E-state index in [0.29, 0.717) is 21.7 Å². The van der Waals surface area contributed by atoms with Crippen LogP contribution < -0.4 is 0 Å². The van der Waals surface area contributed by atoms with Gasteiger partial charge in [0, 0.05) is 10.9 Å². The molecule has 118 valence electrons. The molecule has 2 nitrogen and oxygen atoms in total. The van der Waals surface area contributed by atoms with Gasteiger partial charge in [0.2, 0.25) is 0 Å². The molecule has 0 aliphatic rings. The van der Waals surface area contributed by atoms with E-state index in [1.807, 2.05) is 0 Å². The molecule has 0 unspecified atom stereocenters. The summed E-state index contributed by atoms with van der Waals surface area (Å²) in [6, 6.07) is 10.4. The fraction of sp³-hybridized carbons (Fsp3) is 0.125. The molecule has 0 fully saturated rings. The second-order valence-corrected chi connectivity index (χ2v) is 5.77. The molecule has 0 radical (unpaired) electrons. The summed E-state index contributed by atoms with van der Waals surface area (Å²) in [6.45, 7) is 0. The molecular weight excluding hydrogens is 393 g/mol. The van der Waals surface area contributed by atoms with Gasteiger partial charge in [-0.3, -0.25) is 0 Å². The van der Waals surface area contributed by atoms with Crippen molar-refractivity contribution in [2.24, 2.45) is 0 Å². The molecule has 0 N–H and O–H groups in total. The van der Waals surface area contributed by atoms with Crippen molar-refractivity contribution in [2.45, 2.75) is 11.5 Å². The topological polar surface area (TPSA) is 25.8 Å². The van der Waals surface area contributed by atoms with Gasteiger partial charge in [-0.15, -0.1) is 0 Å². The quantitative estimate of drug-likeness (QED) is 0.502. The van der Waals surface area contributed by atoms with Crippen LogP contribution in [0.1, 0.15) is 11.3 Å². The van der Waals surface area contributed by atoms with E-state index in [1.54, 1.807) is 24.3 Å². The molecule has 7 heteroatoms. The lowest BCUT2D eigenvalue weighted by Gasteiger charge is -2.14. The van der Waals surface area contributed by atoms with E-state index in [1.165, 1.54) is 12.1 Å². The molecule has 0 aliphatic carbocycles. The molecule has 23 heavy (non-hydrogen) atoms. The maximum absolute atomic E-state index is 13.3. The van der Waals surface area contributed by atoms with Crippen LogP contribution in [0.5, 0.6) is 0 Å². The minimum atomic E-state index is -4.47. The summed E-state index contributed by atoms with van der Waals surface area (Å²) in [7, 11) is 0. The Morgan fingerprint density at radius 3 is 2.43 bits per heavy atom. The number of hydrogen-bond acceptors (Lipinski definition) is 2. The summed E-state index contributed by atoms with van der Waals surface area (Å²) in [5.41, 5.74) is 0.768. The maximum atomic E-state index is 13.3. The van der Waals surface area contributed by atoms with Gasteiger partial charge < -0.3 is 0 Å². The smallest absolute Gasteiger partial charge is 0.248 e. The first kappa shape index (κ1) is 16.2. The number of para-hydroxylation sites is 1. The second kappa shape index (κ2) is 6.09. The van der Waals surface area contributed by atoms with Crippen molar-refractivity contribution < 1.29 is 13.2 Å². The van der Waals surface area contributed by atoms with Crippen LogP contribution in [0, 0.1) is 0 Å². The van der Waals surface area contributed by atoms with Crippen LogP contribution in [0.3, 0.4) is 0 Å². The van der Waals surface area contributed by atoms with Gasteiger partial charge in [0.1, 0.15) is 5.52 Å². The van der Waals surface area contributed by atoms with Crippen molar-refractivity contribution in [3.05, 3.63) is 58.7 Å². The summed E-state index contributed by atoms with van der Waals surface area (Å²) >= 11 is 9.37. The lowest BCUT2D eigenvalue weighted by atomic mass is 10.0. The van der Waals surface area contributed by atoms with Crippen LogP contribution >= 0.6 is 27.5 Å². The molecule has 3 rings (SSSR count). The average molecular weight is 402 g/mol. The lowest BCUT2D eigenvalue weighted by molar-refractivity contribution is -0.137. The molecule has 0 bridgehead atoms. The van der Waals surface area contributed by atoms with Crippen molar-refractivity contribution >= 4 is 38.6 Å². The van der Waals surface area contributed by atoms with Crippen LogP contribution in [0.4, 0.5) is 13.2 Å². The molecule has 1 aromatic heterocycles. The Balaban J connectivity index is 2.34. The van der Waals surface area contributed by atoms with Gasteiger partial charge >= 0.3 is 6.18 Å². The fourth-order valence-corrected chi connectivity index (χ4v) is 2.93. The first-order valence-corrected chi connectivity index (χ1v) is 8.09. The van der Waals surface area contributed by atoms with Crippen molar-refractivity contribution in [3.63, 3.8) is 0 Å². The van der Waals surface area contributed by atoms with E-state index in [2.05, 4.69) is 25.9 Å². The van der Waals surface area contributed by atoms with E-state index in [4.69, 9.17) is 11.6 Å². The Kier molecular flexibility index (Phi) is 4.29. The van der Waals surface area contributed by atoms with Gasteiger partial charge in [-0.2, -0.15) is 13.2 Å². The first-order valence-electron chi connectivity index (χ1n) is 6.59. The van der Waals surface area contributed by atoms with Crippen molar-refractivity contribution in [1.82, 2.24) is 9.97 Å². The number of alkyl halides is 4. The molecule has 0 spiro atoms. The van der Waals surface area contributed by atoms with Gasteiger partial charge in [-0.1, -0.05) is 51.8 Å². The molecule has 0 atom stereocenters. The van der Waals surface area contributed by atoms with E-state index in [0.717, 1.165) is 6.07 Å². The molecular formula is C16H9BrClF3N2. The summed E-state index contributed by atoms with van der Waals surface area (Å²) in [5.74, 6) is 0. The predicted octanol–water partition coefficient (Wildman–Crippen LogP) is 5.86. The monoisotopic (exact) mass is 400 g/mol. The third kappa shape index (κ3) is 3.05. The van der Waals surface area contributed by atoms with Crippen LogP contribution in [0.15, 0.2) is 42.5 Å². The van der Waals surface area contributed by atoms with Crippen LogP contribution in [0.2, 0.25) is 5.02 Å². The summed E-state index contributed by atoms with van der Waals surface area (Å²) in [5, 5.41) is 0.631. The average Bonchev–Trinajstić information content (AvgIpc) is 2.53. The van der Waals surface area contributed by atoms with Gasteiger partial charge in [0.05, 0.1) is 27.5 Å². The van der Waals surface area contributed by atoms with E-state index >= 15 is 0 Å². The summed E-state index contributed by atoms with van der Waals surface area (Å²) in [4.78, 5) is 8.76. The Bertz CT molecular complexity index is 881. The Hall–Kier alpha value is -1.66. The summed E-state index contributed by atoms with van der Waals surface area (Å²) < 4.78 is 39.8. The number of nitrogens with zero attached hydrogens (tertiary/aromatic N) is 2. The third-order valence-electron chi connectivity index (χ3n) is 3.33. The Morgan fingerprint density at radius 2 is 1.74 bits per heavy atom. The van der Waals surface area contributed by atoms with Crippen LogP contribution in [0.25, 0.3) is 22.3 Å². The standard InChI is InChI=1S/C16H9BrClF3N2/c17-8-13-14(9-4-1-2-5-10(9)16(19,20)21)23-15-11(18)6-3-7-12(15)22-13/h1-7H,8H2. The fourth-order valence-electron chi connectivity index (χ4n) is 2.33. The Labute approximate surface area is 143 Å². The second-order valence-electron chi connectivity index (χ2n) is 4.80. The minimum Gasteiger partial charge on any atom is -0.248 e. The van der Waals surface area contributed by atoms with E-state index in [9.17, 15) is 13.2 Å². The molecule has 0 saturated heterocycles. The number of hydrogen-bond donors (Lipinski definition) is 0. The minimum absolute atomic E-state index is 0.0104. The highest BCUT2D eigenvalue weighted by atomic mass is 79.9. The van der Waals surface area contributed by atoms with E-state index in [-0.39, 0.29) is 16.6 Å². The van der Waals surface area contributed by atoms with Crippen LogP contribution in [-0.2, 0) is 11.5 Å². The molecule has 0 amide bonds. The zero-order valence-electron chi connectivity index (χ0n) is 11.5. The van der Waals surface area contributed by atoms with Crippen molar-refractivity contribution in [2.75, 3.05) is 0 Å². The maximum Gasteiger partial charge on any atom is 0.417 e. The number of benzene rings is 2. The lowest BCUT2D eigenvalue weighted by Crippen LogP contribution is -2.09. The van der Waals surface area contributed by atoms with E-state index < -0.39 is 11.7 Å². The largest absolute Gasteiger partial charge is 0.417 e. The van der Waals surface area contributed by atoms with Gasteiger partial charge in [-0.25, -0.2) is 9.97 Å². The van der Waals surface area contributed by atoms with Crippen molar-refractivity contribution in [3.8, 4) is 11.3 Å². The van der Waals surface area contributed by atoms with Gasteiger partial charge in [-0.05, 0) is 18.2 Å². The van der Waals surface area contributed by atoms with Crippen molar-refractivity contribution in [1.29, 1.82) is 0 Å². The highest BCUT2D eigenvalue weighted by Gasteiger charge is 2.34. The van der Waals surface area contributed by atoms with Gasteiger partial charge in [0.15, 0.2) is 0 Å². The Morgan fingerprint density at radius 1 is 1.00 bits per heavy atom. The SMILES string of the molecule is FC(F)(F)c1ccccc1-c1nc2c(Cl)cccc2nc1CBr. The molecule has 2 aromatic carbocycles. The normalized spacial score (nSPS) is 11.9. The zero-order chi connectivity index (χ0) is 16.6. The predicted molar refractivity (Wildman–Crippen MR) is 87.6 cm³/mol. The number of fused-ring (bicyclic) bond motifs is 1. The highest BCUT2D eigenvalue weighted by Crippen LogP contribution is 2.38. The molecule has 0 saturated carbocycles. The molecule has 1 heterocycles. The molecule has 0 aliphatic heterocycles. The summed E-state index contributed by atoms with van der Waals surface area (Å²) in [6.07, 6.45) is -4.47.